The zero-order valence-electron chi connectivity index (χ0n) is 13.9. The number of sulfonamides is 1. The van der Waals surface area contributed by atoms with Gasteiger partial charge < -0.3 is 4.74 Å². The third kappa shape index (κ3) is 4.41. The second-order valence-electron chi connectivity index (χ2n) is 6.57. The summed E-state index contributed by atoms with van der Waals surface area (Å²) in [6.45, 7) is 0.371. The van der Waals surface area contributed by atoms with Crippen LogP contribution in [0.1, 0.15) is 31.2 Å². The van der Waals surface area contributed by atoms with E-state index in [2.05, 4.69) is 15.0 Å². The van der Waals surface area contributed by atoms with Crippen LogP contribution < -0.4 is 4.72 Å². The summed E-state index contributed by atoms with van der Waals surface area (Å²) >= 11 is 0. The number of ether oxygens (including phenoxy) is 1. The molecule has 6 nitrogen and oxygen atoms in total. The number of alkyl halides is 3. The van der Waals surface area contributed by atoms with E-state index in [1.165, 1.54) is 0 Å². The van der Waals surface area contributed by atoms with Crippen LogP contribution in [0.5, 0.6) is 0 Å². The molecule has 1 heterocycles. The monoisotopic (exact) mass is 391 g/mol. The summed E-state index contributed by atoms with van der Waals surface area (Å²) in [5, 5.41) is 5.57. The molecule has 1 fully saturated rings. The highest BCUT2D eigenvalue weighted by Gasteiger charge is 2.63. The van der Waals surface area contributed by atoms with Crippen LogP contribution in [-0.2, 0) is 21.4 Å². The molecule has 1 aromatic rings. The Morgan fingerprint density at radius 2 is 1.85 bits per heavy atom. The van der Waals surface area contributed by atoms with E-state index in [0.717, 1.165) is 5.56 Å². The minimum atomic E-state index is -4.51. The maximum absolute atomic E-state index is 12.6. The van der Waals surface area contributed by atoms with Gasteiger partial charge in [-0.25, -0.2) is 13.1 Å². The smallest absolute Gasteiger partial charge is 0.373 e. The number of nitrogens with zero attached hydrogens (tertiary/aromatic N) is 2. The van der Waals surface area contributed by atoms with Crippen LogP contribution in [0.2, 0.25) is 0 Å². The number of nitrogens with one attached hydrogen (secondary N) is 1. The van der Waals surface area contributed by atoms with Crippen LogP contribution in [0.3, 0.4) is 0 Å². The highest BCUT2D eigenvalue weighted by molar-refractivity contribution is 7.90. The van der Waals surface area contributed by atoms with Crippen molar-refractivity contribution >= 4 is 10.0 Å². The van der Waals surface area contributed by atoms with Crippen molar-refractivity contribution in [3.8, 4) is 0 Å². The van der Waals surface area contributed by atoms with E-state index in [0.29, 0.717) is 19.4 Å². The predicted molar refractivity (Wildman–Crippen MR) is 87.8 cm³/mol. The SMILES string of the molecule is O=S(=O)(NCCCC1(C(F)(F)F)N=N1)C1CC(OCc2ccccc2)C1. The van der Waals surface area contributed by atoms with Gasteiger partial charge in [-0.3, -0.25) is 0 Å². The molecule has 3 rings (SSSR count). The summed E-state index contributed by atoms with van der Waals surface area (Å²) in [6, 6.07) is 9.58. The Bertz CT molecular complexity index is 741. The molecule has 144 valence electrons. The van der Waals surface area contributed by atoms with E-state index in [-0.39, 0.29) is 25.5 Å². The van der Waals surface area contributed by atoms with Crippen LogP contribution in [0, 0.1) is 0 Å². The summed E-state index contributed by atoms with van der Waals surface area (Å²) < 4.78 is 70.2. The van der Waals surface area contributed by atoms with Crippen LogP contribution in [0.15, 0.2) is 40.6 Å². The molecule has 0 amide bonds. The van der Waals surface area contributed by atoms with Gasteiger partial charge in [0.15, 0.2) is 0 Å². The maximum atomic E-state index is 12.6. The fourth-order valence-electron chi connectivity index (χ4n) is 2.78. The molecule has 0 radical (unpaired) electrons. The molecule has 10 heteroatoms. The summed E-state index contributed by atoms with van der Waals surface area (Å²) in [4.78, 5) is 0. The molecule has 0 saturated heterocycles. The predicted octanol–water partition coefficient (Wildman–Crippen LogP) is 3.16. The van der Waals surface area contributed by atoms with Gasteiger partial charge in [0.25, 0.3) is 5.66 Å². The lowest BCUT2D eigenvalue weighted by atomic mass is 9.95. The standard InChI is InChI=1S/C16H20F3N3O3S/c17-16(18,19)15(21-22-15)7-4-8-20-26(23,24)14-9-13(10-14)25-11-12-5-2-1-3-6-12/h1-3,5-6,13-14,20H,4,7-11H2. The molecule has 1 aliphatic carbocycles. The van der Waals surface area contributed by atoms with Crippen molar-refractivity contribution in [2.24, 2.45) is 10.2 Å². The van der Waals surface area contributed by atoms with E-state index < -0.39 is 27.1 Å². The summed E-state index contributed by atoms with van der Waals surface area (Å²) in [5.74, 6) is 0. The van der Waals surface area contributed by atoms with E-state index in [9.17, 15) is 21.6 Å². The Morgan fingerprint density at radius 1 is 1.19 bits per heavy atom. The van der Waals surface area contributed by atoms with Gasteiger partial charge in [-0.15, -0.1) is 10.2 Å². The van der Waals surface area contributed by atoms with Gasteiger partial charge in [-0.1, -0.05) is 30.3 Å². The fraction of sp³-hybridized carbons (Fsp3) is 0.625. The quantitative estimate of drug-likeness (QED) is 0.657. The summed E-state index contributed by atoms with van der Waals surface area (Å²) in [6.07, 6.45) is -4.17. The van der Waals surface area contributed by atoms with Crippen LogP contribution in [0.25, 0.3) is 0 Å². The van der Waals surface area contributed by atoms with Crippen molar-refractivity contribution < 1.29 is 26.3 Å². The van der Waals surface area contributed by atoms with Gasteiger partial charge in [-0.05, 0) is 24.8 Å². The molecule has 0 unspecified atom stereocenters. The third-order valence-electron chi connectivity index (χ3n) is 4.62. The fourth-order valence-corrected chi connectivity index (χ4v) is 4.38. The number of hydrogen-bond acceptors (Lipinski definition) is 5. The molecule has 1 saturated carbocycles. The van der Waals surface area contributed by atoms with Gasteiger partial charge in [0.2, 0.25) is 10.0 Å². The van der Waals surface area contributed by atoms with E-state index in [4.69, 9.17) is 4.74 Å². The average Bonchev–Trinajstić information content (AvgIpc) is 3.32. The first kappa shape index (κ1) is 19.2. The van der Waals surface area contributed by atoms with E-state index in [1.807, 2.05) is 30.3 Å². The molecular weight excluding hydrogens is 371 g/mol. The zero-order chi connectivity index (χ0) is 18.8. The molecule has 0 atom stereocenters. The van der Waals surface area contributed by atoms with Crippen molar-refractivity contribution in [1.29, 1.82) is 0 Å². The van der Waals surface area contributed by atoms with Gasteiger partial charge >= 0.3 is 6.18 Å². The highest BCUT2D eigenvalue weighted by atomic mass is 32.2. The third-order valence-corrected chi connectivity index (χ3v) is 6.49. The van der Waals surface area contributed by atoms with Crippen molar-refractivity contribution in [1.82, 2.24) is 4.72 Å². The lowest BCUT2D eigenvalue weighted by molar-refractivity contribution is -0.165. The second kappa shape index (κ2) is 7.24. The number of hydrogen-bond donors (Lipinski definition) is 1. The van der Waals surface area contributed by atoms with E-state index >= 15 is 0 Å². The molecule has 1 aromatic carbocycles. The number of benzene rings is 1. The molecule has 0 aromatic heterocycles. The molecule has 1 N–H and O–H groups in total. The Labute approximate surface area is 149 Å². The van der Waals surface area contributed by atoms with E-state index in [1.54, 1.807) is 0 Å². The summed E-state index contributed by atoms with van der Waals surface area (Å²) in [5.41, 5.74) is -1.29. The molecule has 1 aliphatic heterocycles. The lowest BCUT2D eigenvalue weighted by Crippen LogP contribution is -2.46. The lowest BCUT2D eigenvalue weighted by Gasteiger charge is -2.34. The summed E-state index contributed by atoms with van der Waals surface area (Å²) in [7, 11) is -3.54. The second-order valence-corrected chi connectivity index (χ2v) is 8.61. The normalized spacial score (nSPS) is 24.3. The first-order chi connectivity index (χ1) is 12.2. The molecular formula is C16H20F3N3O3S. The average molecular weight is 391 g/mol. The Hall–Kier alpha value is -1.52. The maximum Gasteiger partial charge on any atom is 0.437 e. The van der Waals surface area contributed by atoms with Gasteiger partial charge in [0.1, 0.15) is 0 Å². The highest BCUT2D eigenvalue weighted by Crippen LogP contribution is 2.47. The van der Waals surface area contributed by atoms with Crippen molar-refractivity contribution in [3.05, 3.63) is 35.9 Å². The van der Waals surface area contributed by atoms with Gasteiger partial charge in [-0.2, -0.15) is 13.2 Å². The Kier molecular flexibility index (Phi) is 5.36. The molecule has 2 aliphatic rings. The zero-order valence-corrected chi connectivity index (χ0v) is 14.8. The topological polar surface area (TPSA) is 80.1 Å². The minimum absolute atomic E-state index is 0.0202. The Morgan fingerprint density at radius 3 is 2.42 bits per heavy atom. The largest absolute Gasteiger partial charge is 0.437 e. The van der Waals surface area contributed by atoms with Crippen LogP contribution >= 0.6 is 0 Å². The van der Waals surface area contributed by atoms with Gasteiger partial charge in [0.05, 0.1) is 18.0 Å². The molecule has 0 spiro atoms. The van der Waals surface area contributed by atoms with Crippen LogP contribution in [0.4, 0.5) is 13.2 Å². The van der Waals surface area contributed by atoms with Crippen molar-refractivity contribution in [3.63, 3.8) is 0 Å². The molecule has 0 bridgehead atoms. The minimum Gasteiger partial charge on any atom is -0.373 e. The van der Waals surface area contributed by atoms with Crippen molar-refractivity contribution in [2.45, 2.75) is 55.5 Å². The number of rotatable bonds is 9. The first-order valence-electron chi connectivity index (χ1n) is 8.37. The van der Waals surface area contributed by atoms with Gasteiger partial charge in [0, 0.05) is 13.0 Å². The number of halogens is 3. The first-order valence-corrected chi connectivity index (χ1v) is 9.91. The van der Waals surface area contributed by atoms with Crippen LogP contribution in [-0.4, -0.2) is 38.2 Å². The Balaban J connectivity index is 1.34. The molecule has 26 heavy (non-hydrogen) atoms. The van der Waals surface area contributed by atoms with Crippen molar-refractivity contribution in [2.75, 3.05) is 6.54 Å².